The molecule has 0 radical (unpaired) electrons. The Morgan fingerprint density at radius 2 is 1.89 bits per heavy atom. The predicted molar refractivity (Wildman–Crippen MR) is 67.8 cm³/mol. The lowest BCUT2D eigenvalue weighted by Crippen LogP contribution is -2.27. The summed E-state index contributed by atoms with van der Waals surface area (Å²) in [7, 11) is -3.67. The van der Waals surface area contributed by atoms with Crippen molar-refractivity contribution in [2.75, 3.05) is 13.2 Å². The molecule has 0 amide bonds. The Balaban J connectivity index is 2.05. The van der Waals surface area contributed by atoms with Gasteiger partial charge in [0.05, 0.1) is 24.2 Å². The molecule has 1 aliphatic rings. The molecule has 1 fully saturated rings. The average Bonchev–Trinajstić information content (AvgIpc) is 3.11. The molecule has 1 heterocycles. The van der Waals surface area contributed by atoms with E-state index in [0.717, 1.165) is 5.56 Å². The summed E-state index contributed by atoms with van der Waals surface area (Å²) in [4.78, 5) is 0.195. The average molecular weight is 270 g/mol. The highest BCUT2D eigenvalue weighted by Gasteiger charge is 2.40. The van der Waals surface area contributed by atoms with Crippen molar-refractivity contribution in [2.24, 2.45) is 5.41 Å². The minimum atomic E-state index is -3.67. The van der Waals surface area contributed by atoms with E-state index in [2.05, 4.69) is 0 Å². The van der Waals surface area contributed by atoms with Crippen LogP contribution in [0.25, 0.3) is 0 Å². The molecule has 1 atom stereocenters. The van der Waals surface area contributed by atoms with Crippen LogP contribution in [-0.4, -0.2) is 27.7 Å². The normalized spacial score (nSPS) is 19.8. The van der Waals surface area contributed by atoms with Crippen LogP contribution >= 0.6 is 0 Å². The highest BCUT2D eigenvalue weighted by Crippen LogP contribution is 2.33. The molecule has 18 heavy (non-hydrogen) atoms. The number of hydrogen-bond donors (Lipinski definition) is 0. The van der Waals surface area contributed by atoms with Gasteiger partial charge in [-0.3, -0.25) is 4.18 Å². The predicted octanol–water partition coefficient (Wildman–Crippen LogP) is 2.13. The van der Waals surface area contributed by atoms with E-state index >= 15 is 0 Å². The summed E-state index contributed by atoms with van der Waals surface area (Å²) in [6.07, 6.45) is 0.103. The molecular weight excluding hydrogens is 252 g/mol. The third-order valence-electron chi connectivity index (χ3n) is 3.10. The highest BCUT2D eigenvalue weighted by molar-refractivity contribution is 7.86. The smallest absolute Gasteiger partial charge is 0.296 e. The van der Waals surface area contributed by atoms with Crippen molar-refractivity contribution < 1.29 is 17.3 Å². The maximum absolute atomic E-state index is 12.0. The quantitative estimate of drug-likeness (QED) is 0.607. The number of epoxide rings is 1. The zero-order valence-corrected chi connectivity index (χ0v) is 11.7. The van der Waals surface area contributed by atoms with Gasteiger partial charge in [0.2, 0.25) is 0 Å². The van der Waals surface area contributed by atoms with Crippen LogP contribution in [0.5, 0.6) is 0 Å². The summed E-state index contributed by atoms with van der Waals surface area (Å²) in [5.74, 6) is 0. The van der Waals surface area contributed by atoms with Crippen LogP contribution < -0.4 is 0 Å². The van der Waals surface area contributed by atoms with E-state index in [0.29, 0.717) is 6.61 Å². The minimum Gasteiger partial charge on any atom is -0.372 e. The molecule has 0 N–H and O–H groups in total. The van der Waals surface area contributed by atoms with Crippen LogP contribution in [0.4, 0.5) is 0 Å². The molecule has 0 saturated carbocycles. The van der Waals surface area contributed by atoms with Crippen molar-refractivity contribution in [2.45, 2.75) is 31.8 Å². The second-order valence-electron chi connectivity index (χ2n) is 5.34. The SMILES string of the molecule is Cc1ccc(S(=O)(=O)OCC(C)(C)[C@H]2CO2)cc1. The van der Waals surface area contributed by atoms with Crippen molar-refractivity contribution >= 4 is 10.1 Å². The Hall–Kier alpha value is -0.910. The van der Waals surface area contributed by atoms with Gasteiger partial charge in [0, 0.05) is 5.41 Å². The lowest BCUT2D eigenvalue weighted by atomic mass is 9.91. The van der Waals surface area contributed by atoms with Gasteiger partial charge in [0.1, 0.15) is 0 Å². The molecule has 0 aliphatic carbocycles. The van der Waals surface area contributed by atoms with E-state index in [-0.39, 0.29) is 23.0 Å². The summed E-state index contributed by atoms with van der Waals surface area (Å²) < 4.78 is 34.2. The largest absolute Gasteiger partial charge is 0.372 e. The molecule has 0 spiro atoms. The fraction of sp³-hybridized carbons (Fsp3) is 0.538. The number of ether oxygens (including phenoxy) is 1. The number of aryl methyl sites for hydroxylation is 1. The fourth-order valence-electron chi connectivity index (χ4n) is 1.59. The lowest BCUT2D eigenvalue weighted by molar-refractivity contribution is 0.144. The molecule has 1 aliphatic heterocycles. The van der Waals surface area contributed by atoms with Crippen LogP contribution in [-0.2, 0) is 19.0 Å². The number of hydrogen-bond acceptors (Lipinski definition) is 4. The van der Waals surface area contributed by atoms with Gasteiger partial charge in [-0.1, -0.05) is 31.5 Å². The molecule has 0 aromatic heterocycles. The van der Waals surface area contributed by atoms with Crippen LogP contribution in [0.15, 0.2) is 29.2 Å². The first kappa shape index (κ1) is 13.5. The third-order valence-corrected chi connectivity index (χ3v) is 4.38. The van der Waals surface area contributed by atoms with Crippen molar-refractivity contribution in [3.05, 3.63) is 29.8 Å². The number of benzene rings is 1. The van der Waals surface area contributed by atoms with Crippen LogP contribution in [0, 0.1) is 12.3 Å². The topological polar surface area (TPSA) is 55.9 Å². The maximum Gasteiger partial charge on any atom is 0.296 e. The number of rotatable bonds is 5. The molecule has 100 valence electrons. The molecule has 0 bridgehead atoms. The zero-order chi connectivity index (χ0) is 13.4. The van der Waals surface area contributed by atoms with Crippen molar-refractivity contribution in [3.8, 4) is 0 Å². The first-order chi connectivity index (χ1) is 8.31. The van der Waals surface area contributed by atoms with E-state index in [9.17, 15) is 8.42 Å². The molecule has 1 aromatic rings. The molecule has 1 aromatic carbocycles. The molecule has 4 nitrogen and oxygen atoms in total. The fourth-order valence-corrected chi connectivity index (χ4v) is 2.66. The second-order valence-corrected chi connectivity index (χ2v) is 6.96. The van der Waals surface area contributed by atoms with Gasteiger partial charge >= 0.3 is 0 Å². The monoisotopic (exact) mass is 270 g/mol. The molecule has 5 heteroatoms. The van der Waals surface area contributed by atoms with Gasteiger partial charge in [-0.25, -0.2) is 0 Å². The Bertz CT molecular complexity index is 512. The first-order valence-electron chi connectivity index (χ1n) is 5.89. The van der Waals surface area contributed by atoms with Crippen molar-refractivity contribution in [1.29, 1.82) is 0 Å². The van der Waals surface area contributed by atoms with Gasteiger partial charge in [-0.2, -0.15) is 8.42 Å². The minimum absolute atomic E-state index is 0.103. The Kier molecular flexibility index (Phi) is 3.49. The molecule has 1 saturated heterocycles. The van der Waals surface area contributed by atoms with Crippen LogP contribution in [0.1, 0.15) is 19.4 Å². The maximum atomic E-state index is 12.0. The second kappa shape index (κ2) is 4.64. The van der Waals surface area contributed by atoms with Gasteiger partial charge in [-0.05, 0) is 19.1 Å². The lowest BCUT2D eigenvalue weighted by Gasteiger charge is -2.21. The Morgan fingerprint density at radius 1 is 1.33 bits per heavy atom. The van der Waals surface area contributed by atoms with E-state index in [1.165, 1.54) is 0 Å². The standard InChI is InChI=1S/C13H18O4S/c1-10-4-6-11(7-5-10)18(14,15)17-9-13(2,3)12-8-16-12/h4-7,12H,8-9H2,1-3H3/t12-/m1/s1. The highest BCUT2D eigenvalue weighted by atomic mass is 32.2. The Labute approximate surface area is 108 Å². The van der Waals surface area contributed by atoms with E-state index in [4.69, 9.17) is 8.92 Å². The van der Waals surface area contributed by atoms with E-state index in [1.807, 2.05) is 20.8 Å². The van der Waals surface area contributed by atoms with E-state index in [1.54, 1.807) is 24.3 Å². The molecule has 0 unspecified atom stereocenters. The van der Waals surface area contributed by atoms with Gasteiger partial charge in [0.15, 0.2) is 0 Å². The third kappa shape index (κ3) is 3.10. The van der Waals surface area contributed by atoms with E-state index < -0.39 is 10.1 Å². The zero-order valence-electron chi connectivity index (χ0n) is 10.8. The summed E-state index contributed by atoms with van der Waals surface area (Å²) in [5, 5.41) is 0. The van der Waals surface area contributed by atoms with Gasteiger partial charge < -0.3 is 4.74 Å². The molecule has 2 rings (SSSR count). The first-order valence-corrected chi connectivity index (χ1v) is 7.30. The summed E-state index contributed by atoms with van der Waals surface area (Å²) in [5.41, 5.74) is 0.735. The summed E-state index contributed by atoms with van der Waals surface area (Å²) >= 11 is 0. The van der Waals surface area contributed by atoms with Crippen molar-refractivity contribution in [3.63, 3.8) is 0 Å². The van der Waals surface area contributed by atoms with Crippen LogP contribution in [0.2, 0.25) is 0 Å². The summed E-state index contributed by atoms with van der Waals surface area (Å²) in [6, 6.07) is 6.63. The summed E-state index contributed by atoms with van der Waals surface area (Å²) in [6.45, 7) is 6.60. The van der Waals surface area contributed by atoms with Gasteiger partial charge in [0.25, 0.3) is 10.1 Å². The van der Waals surface area contributed by atoms with Crippen molar-refractivity contribution in [1.82, 2.24) is 0 Å². The van der Waals surface area contributed by atoms with Crippen LogP contribution in [0.3, 0.4) is 0 Å². The Morgan fingerprint density at radius 3 is 2.39 bits per heavy atom. The molecular formula is C13H18O4S. The van der Waals surface area contributed by atoms with Gasteiger partial charge in [-0.15, -0.1) is 0 Å².